The first-order chi connectivity index (χ1) is 14.4. The molecule has 9 nitrogen and oxygen atoms in total. The van der Waals surface area contributed by atoms with Gasteiger partial charge in [0.05, 0.1) is 0 Å². The van der Waals surface area contributed by atoms with Gasteiger partial charge in [0.2, 0.25) is 17.7 Å². The lowest BCUT2D eigenvalue weighted by Crippen LogP contribution is -2.58. The number of nitrogens with two attached hydrogens (primary N) is 2. The number of carbonyl (C=O) groups is 1. The number of benzene rings is 1. The van der Waals surface area contributed by atoms with Crippen LogP contribution in [0.2, 0.25) is 0 Å². The van der Waals surface area contributed by atoms with Crippen LogP contribution in [0.3, 0.4) is 0 Å². The summed E-state index contributed by atoms with van der Waals surface area (Å²) in [5, 5.41) is 8.94. The van der Waals surface area contributed by atoms with Gasteiger partial charge in [-0.15, -0.1) is 0 Å². The second kappa shape index (κ2) is 7.74. The normalized spacial score (nSPS) is 18.1. The Balaban J connectivity index is 1.56. The molecule has 2 heterocycles. The molecule has 1 fully saturated rings. The standard InChI is InChI=1S/C21H25N5O4/c1-13-11-14(29-12-15-6-8-17(30-15)18(27)28)5-7-16(13)26-20(23)24-19(22)25-21(26)9-3-2-4-10-21/h5-8,11H,2-4,9-10,12H2,1H3,(H,27,28)(H4,22,23,24,25). The van der Waals surface area contributed by atoms with E-state index in [1.54, 1.807) is 6.07 Å². The molecule has 0 atom stereocenters. The second-order valence-electron chi connectivity index (χ2n) is 7.63. The summed E-state index contributed by atoms with van der Waals surface area (Å²) in [7, 11) is 0. The van der Waals surface area contributed by atoms with Crippen molar-refractivity contribution in [1.82, 2.24) is 0 Å². The predicted molar refractivity (Wildman–Crippen MR) is 113 cm³/mol. The van der Waals surface area contributed by atoms with Crippen LogP contribution < -0.4 is 21.1 Å². The van der Waals surface area contributed by atoms with Gasteiger partial charge in [0, 0.05) is 5.69 Å². The van der Waals surface area contributed by atoms with Crippen LogP contribution in [0.25, 0.3) is 0 Å². The molecule has 1 aromatic heterocycles. The summed E-state index contributed by atoms with van der Waals surface area (Å²) in [4.78, 5) is 21.8. The van der Waals surface area contributed by atoms with Gasteiger partial charge in [-0.25, -0.2) is 9.79 Å². The van der Waals surface area contributed by atoms with E-state index >= 15 is 0 Å². The van der Waals surface area contributed by atoms with Gasteiger partial charge in [0.1, 0.15) is 23.8 Å². The van der Waals surface area contributed by atoms with E-state index in [9.17, 15) is 4.79 Å². The Labute approximate surface area is 174 Å². The quantitative estimate of drug-likeness (QED) is 0.687. The maximum Gasteiger partial charge on any atom is 0.371 e. The number of aryl methyl sites for hydroxylation is 1. The molecule has 9 heteroatoms. The fraction of sp³-hybridized carbons (Fsp3) is 0.381. The summed E-state index contributed by atoms with van der Waals surface area (Å²) in [5.74, 6) is 0.422. The summed E-state index contributed by atoms with van der Waals surface area (Å²) in [6, 6.07) is 8.68. The zero-order valence-corrected chi connectivity index (χ0v) is 16.8. The lowest BCUT2D eigenvalue weighted by molar-refractivity contribution is 0.0658. The first-order valence-corrected chi connectivity index (χ1v) is 9.93. The zero-order valence-electron chi connectivity index (χ0n) is 16.8. The van der Waals surface area contributed by atoms with Gasteiger partial charge < -0.3 is 25.7 Å². The largest absolute Gasteiger partial charge is 0.486 e. The SMILES string of the molecule is Cc1cc(OCc2ccc(C(=O)O)o2)ccc1N1C(N)=NC(N)=NC12CCCCC2. The first kappa shape index (κ1) is 19.8. The van der Waals surface area contributed by atoms with Gasteiger partial charge in [-0.2, -0.15) is 4.99 Å². The number of aromatic carboxylic acids is 1. The molecule has 0 bridgehead atoms. The summed E-state index contributed by atoms with van der Waals surface area (Å²) >= 11 is 0. The fourth-order valence-corrected chi connectivity index (χ4v) is 4.16. The highest BCUT2D eigenvalue weighted by Gasteiger charge is 2.43. The maximum atomic E-state index is 10.9. The van der Waals surface area contributed by atoms with Crippen molar-refractivity contribution < 1.29 is 19.1 Å². The predicted octanol–water partition coefficient (Wildman–Crippen LogP) is 2.98. The zero-order chi connectivity index (χ0) is 21.3. The van der Waals surface area contributed by atoms with Crippen LogP contribution in [-0.2, 0) is 6.61 Å². The Bertz CT molecular complexity index is 1020. The van der Waals surface area contributed by atoms with Crippen LogP contribution in [-0.4, -0.2) is 28.7 Å². The average molecular weight is 411 g/mol. The molecule has 158 valence electrons. The molecule has 0 amide bonds. The number of nitrogens with zero attached hydrogens (tertiary/aromatic N) is 3. The van der Waals surface area contributed by atoms with Crippen molar-refractivity contribution in [3.63, 3.8) is 0 Å². The molecular formula is C21H25N5O4. The van der Waals surface area contributed by atoms with E-state index in [2.05, 4.69) is 4.99 Å². The van der Waals surface area contributed by atoms with E-state index in [4.69, 9.17) is 30.7 Å². The fourth-order valence-electron chi connectivity index (χ4n) is 4.16. The van der Waals surface area contributed by atoms with Gasteiger partial charge in [-0.1, -0.05) is 6.42 Å². The van der Waals surface area contributed by atoms with Crippen molar-refractivity contribution >= 4 is 23.6 Å². The summed E-state index contributed by atoms with van der Waals surface area (Å²) in [5.41, 5.74) is 13.6. The van der Waals surface area contributed by atoms with E-state index in [1.165, 1.54) is 12.5 Å². The van der Waals surface area contributed by atoms with Crippen molar-refractivity contribution in [3.05, 3.63) is 47.4 Å². The number of ether oxygens (including phenoxy) is 1. The van der Waals surface area contributed by atoms with Crippen LogP contribution in [0.4, 0.5) is 5.69 Å². The number of anilines is 1. The van der Waals surface area contributed by atoms with Gasteiger partial charge >= 0.3 is 5.97 Å². The minimum atomic E-state index is -1.11. The van der Waals surface area contributed by atoms with Crippen LogP contribution >= 0.6 is 0 Å². The summed E-state index contributed by atoms with van der Waals surface area (Å²) < 4.78 is 11.0. The van der Waals surface area contributed by atoms with E-state index in [0.717, 1.165) is 36.9 Å². The lowest BCUT2D eigenvalue weighted by atomic mass is 9.87. The molecule has 1 saturated carbocycles. The first-order valence-electron chi connectivity index (χ1n) is 9.93. The average Bonchev–Trinajstić information content (AvgIpc) is 3.17. The van der Waals surface area contributed by atoms with E-state index < -0.39 is 11.6 Å². The molecule has 1 spiro atoms. The highest BCUT2D eigenvalue weighted by molar-refractivity contribution is 6.06. The Kier molecular flexibility index (Phi) is 5.11. The van der Waals surface area contributed by atoms with Crippen LogP contribution in [0.5, 0.6) is 5.75 Å². The number of furan rings is 1. The number of hydrogen-bond acceptors (Lipinski definition) is 8. The molecule has 0 saturated heterocycles. The maximum absolute atomic E-state index is 10.9. The highest BCUT2D eigenvalue weighted by atomic mass is 16.5. The van der Waals surface area contributed by atoms with E-state index in [-0.39, 0.29) is 18.3 Å². The Morgan fingerprint density at radius 3 is 2.67 bits per heavy atom. The third-order valence-electron chi connectivity index (χ3n) is 5.51. The van der Waals surface area contributed by atoms with E-state index in [1.807, 2.05) is 30.0 Å². The summed E-state index contributed by atoms with van der Waals surface area (Å²) in [6.07, 6.45) is 5.02. The Morgan fingerprint density at radius 2 is 2.00 bits per heavy atom. The van der Waals surface area contributed by atoms with Gasteiger partial charge in [-0.3, -0.25) is 4.90 Å². The smallest absolute Gasteiger partial charge is 0.371 e. The molecule has 1 aromatic carbocycles. The third-order valence-corrected chi connectivity index (χ3v) is 5.51. The second-order valence-corrected chi connectivity index (χ2v) is 7.63. The number of rotatable bonds is 5. The van der Waals surface area contributed by atoms with Gasteiger partial charge in [0.15, 0.2) is 0 Å². The van der Waals surface area contributed by atoms with Crippen molar-refractivity contribution in [2.24, 2.45) is 21.5 Å². The molecule has 0 unspecified atom stereocenters. The molecule has 0 radical (unpaired) electrons. The molecule has 5 N–H and O–H groups in total. The van der Waals surface area contributed by atoms with Crippen molar-refractivity contribution in [3.8, 4) is 5.75 Å². The minimum absolute atomic E-state index is 0.113. The van der Waals surface area contributed by atoms with Crippen molar-refractivity contribution in [2.75, 3.05) is 4.90 Å². The third kappa shape index (κ3) is 3.70. The van der Waals surface area contributed by atoms with Gasteiger partial charge in [-0.05, 0) is 68.5 Å². The van der Waals surface area contributed by atoms with Crippen molar-refractivity contribution in [2.45, 2.75) is 51.3 Å². The van der Waals surface area contributed by atoms with E-state index in [0.29, 0.717) is 17.5 Å². The number of aliphatic imine (C=N–C) groups is 2. The Morgan fingerprint density at radius 1 is 1.23 bits per heavy atom. The lowest BCUT2D eigenvalue weighted by Gasteiger charge is -2.46. The molecule has 2 aliphatic rings. The Hall–Kier alpha value is -3.49. The van der Waals surface area contributed by atoms with Crippen LogP contribution in [0.15, 0.2) is 44.7 Å². The molecule has 4 rings (SSSR count). The van der Waals surface area contributed by atoms with Crippen molar-refractivity contribution in [1.29, 1.82) is 0 Å². The number of hydrogen-bond donors (Lipinski definition) is 3. The molecule has 30 heavy (non-hydrogen) atoms. The highest BCUT2D eigenvalue weighted by Crippen LogP contribution is 2.41. The minimum Gasteiger partial charge on any atom is -0.486 e. The molecule has 2 aromatic rings. The van der Waals surface area contributed by atoms with Crippen LogP contribution in [0, 0.1) is 6.92 Å². The monoisotopic (exact) mass is 411 g/mol. The van der Waals surface area contributed by atoms with Gasteiger partial charge in [0.25, 0.3) is 0 Å². The molecular weight excluding hydrogens is 386 g/mol. The molecule has 1 aliphatic carbocycles. The number of guanidine groups is 2. The van der Waals surface area contributed by atoms with Crippen LogP contribution in [0.1, 0.15) is 54.0 Å². The number of carboxylic acid groups (broad SMARTS) is 1. The number of carboxylic acids is 1. The summed E-state index contributed by atoms with van der Waals surface area (Å²) in [6.45, 7) is 2.10. The topological polar surface area (TPSA) is 140 Å². The molecule has 1 aliphatic heterocycles.